The summed E-state index contributed by atoms with van der Waals surface area (Å²) in [6.45, 7) is 2.09. The molecule has 3 rings (SSSR count). The fraction of sp³-hybridized carbons (Fsp3) is 0.0588. The summed E-state index contributed by atoms with van der Waals surface area (Å²) in [5.74, 6) is 1.73. The molecule has 3 aromatic rings. The van der Waals surface area contributed by atoms with Crippen LogP contribution in [0.3, 0.4) is 0 Å². The molecule has 0 spiro atoms. The molecule has 0 bridgehead atoms. The number of nitrogens with zero attached hydrogens (tertiary/aromatic N) is 3. The van der Waals surface area contributed by atoms with Crippen LogP contribution in [0.25, 0.3) is 0 Å². The molecular weight excluding hydrogens is 278 g/mol. The predicted molar refractivity (Wildman–Crippen MR) is 87.6 cm³/mol. The second kappa shape index (κ2) is 6.41. The fourth-order valence-electron chi connectivity index (χ4n) is 1.86. The van der Waals surface area contributed by atoms with E-state index in [2.05, 4.69) is 41.2 Å². The number of benzene rings is 1. The monoisotopic (exact) mass is 293 g/mol. The summed E-state index contributed by atoms with van der Waals surface area (Å²) >= 11 is 1.61. The summed E-state index contributed by atoms with van der Waals surface area (Å²) in [5.41, 5.74) is 1.25. The van der Waals surface area contributed by atoms with Crippen molar-refractivity contribution in [1.82, 2.24) is 9.97 Å². The van der Waals surface area contributed by atoms with E-state index in [9.17, 15) is 0 Å². The maximum atomic E-state index is 4.43. The first-order chi connectivity index (χ1) is 10.3. The van der Waals surface area contributed by atoms with Gasteiger partial charge in [0.1, 0.15) is 11.6 Å². The number of aromatic nitrogens is 2. The van der Waals surface area contributed by atoms with Gasteiger partial charge in [0, 0.05) is 17.3 Å². The van der Waals surface area contributed by atoms with E-state index in [1.165, 1.54) is 5.56 Å². The van der Waals surface area contributed by atoms with Crippen molar-refractivity contribution in [2.75, 3.05) is 4.31 Å². The molecule has 2 heterocycles. The Morgan fingerprint density at radius 3 is 1.81 bits per heavy atom. The maximum absolute atomic E-state index is 4.43. The van der Waals surface area contributed by atoms with Crippen LogP contribution in [-0.4, -0.2) is 9.97 Å². The van der Waals surface area contributed by atoms with Gasteiger partial charge in [0.2, 0.25) is 0 Å². The van der Waals surface area contributed by atoms with Crippen molar-refractivity contribution in [1.29, 1.82) is 0 Å². The average molecular weight is 293 g/mol. The zero-order chi connectivity index (χ0) is 14.5. The fourth-order valence-corrected chi connectivity index (χ4v) is 2.73. The highest BCUT2D eigenvalue weighted by atomic mass is 32.2. The smallest absolute Gasteiger partial charge is 0.144 e. The van der Waals surface area contributed by atoms with Gasteiger partial charge in [-0.2, -0.15) is 0 Å². The van der Waals surface area contributed by atoms with Crippen molar-refractivity contribution in [3.8, 4) is 0 Å². The largest absolute Gasteiger partial charge is 0.247 e. The number of aryl methyl sites for hydroxylation is 1. The zero-order valence-electron chi connectivity index (χ0n) is 11.7. The minimum Gasteiger partial charge on any atom is -0.247 e. The molecule has 0 aliphatic rings. The van der Waals surface area contributed by atoms with Gasteiger partial charge < -0.3 is 0 Å². The molecule has 4 heteroatoms. The van der Waals surface area contributed by atoms with Crippen molar-refractivity contribution in [3.05, 3.63) is 78.6 Å². The summed E-state index contributed by atoms with van der Waals surface area (Å²) in [4.78, 5) is 10.0. The summed E-state index contributed by atoms with van der Waals surface area (Å²) in [6.07, 6.45) is 3.59. The van der Waals surface area contributed by atoms with E-state index in [4.69, 9.17) is 0 Å². The zero-order valence-corrected chi connectivity index (χ0v) is 12.5. The van der Waals surface area contributed by atoms with Gasteiger partial charge in [-0.25, -0.2) is 14.3 Å². The second-order valence-electron chi connectivity index (χ2n) is 4.57. The number of hydrogen-bond acceptors (Lipinski definition) is 4. The van der Waals surface area contributed by atoms with Gasteiger partial charge in [0.15, 0.2) is 0 Å². The van der Waals surface area contributed by atoms with Crippen molar-refractivity contribution < 1.29 is 0 Å². The number of hydrogen-bond donors (Lipinski definition) is 0. The van der Waals surface area contributed by atoms with E-state index in [0.717, 1.165) is 16.5 Å². The van der Waals surface area contributed by atoms with Gasteiger partial charge in [-0.15, -0.1) is 0 Å². The first-order valence-corrected chi connectivity index (χ1v) is 7.47. The molecular formula is C17H15N3S. The summed E-state index contributed by atoms with van der Waals surface area (Å²) < 4.78 is 2.03. The Morgan fingerprint density at radius 2 is 1.33 bits per heavy atom. The van der Waals surface area contributed by atoms with Gasteiger partial charge >= 0.3 is 0 Å². The Bertz CT molecular complexity index is 645. The lowest BCUT2D eigenvalue weighted by atomic mass is 10.2. The SMILES string of the molecule is Cc1ccc(SN(c2ccccn2)c2ccccn2)cc1. The van der Waals surface area contributed by atoms with Crippen LogP contribution in [0.2, 0.25) is 0 Å². The quantitative estimate of drug-likeness (QED) is 0.656. The molecule has 104 valence electrons. The number of pyridine rings is 2. The third kappa shape index (κ3) is 3.41. The van der Waals surface area contributed by atoms with Crippen LogP contribution in [0, 0.1) is 6.92 Å². The third-order valence-corrected chi connectivity index (χ3v) is 3.97. The maximum Gasteiger partial charge on any atom is 0.144 e. The van der Waals surface area contributed by atoms with E-state index in [0.29, 0.717) is 0 Å². The highest BCUT2D eigenvalue weighted by Crippen LogP contribution is 2.33. The minimum absolute atomic E-state index is 0.863. The molecule has 3 nitrogen and oxygen atoms in total. The van der Waals surface area contributed by atoms with E-state index >= 15 is 0 Å². The molecule has 0 fully saturated rings. The topological polar surface area (TPSA) is 29.0 Å². The second-order valence-corrected chi connectivity index (χ2v) is 5.59. The molecule has 0 radical (unpaired) electrons. The lowest BCUT2D eigenvalue weighted by Crippen LogP contribution is -2.09. The average Bonchev–Trinajstić information content (AvgIpc) is 2.56. The highest BCUT2D eigenvalue weighted by Gasteiger charge is 2.13. The van der Waals surface area contributed by atoms with Crippen LogP contribution in [0.15, 0.2) is 78.0 Å². The number of rotatable bonds is 4. The number of anilines is 2. The molecule has 0 saturated heterocycles. The summed E-state index contributed by atoms with van der Waals surface area (Å²) in [5, 5.41) is 0. The Kier molecular flexibility index (Phi) is 4.17. The molecule has 1 aromatic carbocycles. The van der Waals surface area contributed by atoms with Gasteiger partial charge in [-0.3, -0.25) is 0 Å². The molecule has 0 amide bonds. The Labute approximate surface area is 128 Å². The predicted octanol–water partition coefficient (Wildman–Crippen LogP) is 4.63. The van der Waals surface area contributed by atoms with Crippen LogP contribution in [0.4, 0.5) is 11.6 Å². The third-order valence-electron chi connectivity index (χ3n) is 2.93. The van der Waals surface area contributed by atoms with Crippen LogP contribution in [0.5, 0.6) is 0 Å². The summed E-state index contributed by atoms with van der Waals surface area (Å²) in [6, 6.07) is 20.2. The lowest BCUT2D eigenvalue weighted by Gasteiger charge is -2.21. The normalized spacial score (nSPS) is 10.3. The van der Waals surface area contributed by atoms with Crippen molar-refractivity contribution in [2.45, 2.75) is 11.8 Å². The molecule has 0 aliphatic carbocycles. The van der Waals surface area contributed by atoms with E-state index in [1.807, 2.05) is 40.7 Å². The van der Waals surface area contributed by atoms with Crippen molar-refractivity contribution in [2.24, 2.45) is 0 Å². The Balaban J connectivity index is 1.95. The first kappa shape index (κ1) is 13.6. The van der Waals surface area contributed by atoms with Gasteiger partial charge in [-0.1, -0.05) is 29.8 Å². The summed E-state index contributed by atoms with van der Waals surface area (Å²) in [7, 11) is 0. The molecule has 0 aliphatic heterocycles. The molecule has 0 saturated carbocycles. The molecule has 0 N–H and O–H groups in total. The van der Waals surface area contributed by atoms with E-state index in [1.54, 1.807) is 24.3 Å². The van der Waals surface area contributed by atoms with Crippen LogP contribution >= 0.6 is 11.9 Å². The Hall–Kier alpha value is -2.33. The van der Waals surface area contributed by atoms with Gasteiger partial charge in [-0.05, 0) is 55.3 Å². The standard InChI is InChI=1S/C17H15N3S/c1-14-8-10-15(11-9-14)21-20(16-6-2-4-12-18-16)17-7-3-5-13-19-17/h2-13H,1H3. The highest BCUT2D eigenvalue weighted by molar-refractivity contribution is 8.01. The minimum atomic E-state index is 0.863. The molecule has 21 heavy (non-hydrogen) atoms. The van der Waals surface area contributed by atoms with Crippen LogP contribution in [0.1, 0.15) is 5.56 Å². The Morgan fingerprint density at radius 1 is 0.762 bits per heavy atom. The van der Waals surface area contributed by atoms with E-state index < -0.39 is 0 Å². The lowest BCUT2D eigenvalue weighted by molar-refractivity contribution is 1.19. The van der Waals surface area contributed by atoms with Crippen LogP contribution < -0.4 is 4.31 Å². The molecule has 2 aromatic heterocycles. The molecule has 0 unspecified atom stereocenters. The van der Waals surface area contributed by atoms with Crippen LogP contribution in [-0.2, 0) is 0 Å². The first-order valence-electron chi connectivity index (χ1n) is 6.70. The van der Waals surface area contributed by atoms with Gasteiger partial charge in [0.25, 0.3) is 0 Å². The van der Waals surface area contributed by atoms with Crippen molar-refractivity contribution >= 4 is 23.6 Å². The van der Waals surface area contributed by atoms with Crippen molar-refractivity contribution in [3.63, 3.8) is 0 Å². The van der Waals surface area contributed by atoms with E-state index in [-0.39, 0.29) is 0 Å². The molecule has 0 atom stereocenters. The van der Waals surface area contributed by atoms with Gasteiger partial charge in [0.05, 0.1) is 0 Å².